The predicted octanol–water partition coefficient (Wildman–Crippen LogP) is 2.91. The van der Waals surface area contributed by atoms with E-state index in [1.165, 1.54) is 0 Å². The van der Waals surface area contributed by atoms with Gasteiger partial charge < -0.3 is 10.6 Å². The fourth-order valence-corrected chi connectivity index (χ4v) is 2.88. The van der Waals surface area contributed by atoms with Crippen molar-refractivity contribution in [2.45, 2.75) is 18.9 Å². The number of carbonyl (C=O) groups is 2. The molecule has 0 radical (unpaired) electrons. The lowest BCUT2D eigenvalue weighted by molar-refractivity contribution is -0.120. The summed E-state index contributed by atoms with van der Waals surface area (Å²) in [6.07, 6.45) is 2.05. The Kier molecular flexibility index (Phi) is 4.35. The molecular formula is C21H19N3O2. The molecule has 0 aliphatic heterocycles. The average molecular weight is 345 g/mol. The number of nitrogens with zero attached hydrogens (tertiary/aromatic N) is 1. The average Bonchev–Trinajstić information content (AvgIpc) is 3.50. The van der Waals surface area contributed by atoms with E-state index in [9.17, 15) is 9.59 Å². The zero-order chi connectivity index (χ0) is 17.9. The van der Waals surface area contributed by atoms with Gasteiger partial charge in [-0.15, -0.1) is 0 Å². The highest BCUT2D eigenvalue weighted by atomic mass is 16.2. The van der Waals surface area contributed by atoms with E-state index < -0.39 is 0 Å². The second-order valence-corrected chi connectivity index (χ2v) is 6.46. The van der Waals surface area contributed by atoms with Gasteiger partial charge in [0.15, 0.2) is 0 Å². The van der Waals surface area contributed by atoms with Crippen LogP contribution in [0.25, 0.3) is 22.2 Å². The third-order valence-electron chi connectivity index (χ3n) is 4.38. The number of pyridine rings is 1. The van der Waals surface area contributed by atoms with Gasteiger partial charge in [0, 0.05) is 17.0 Å². The fourth-order valence-electron chi connectivity index (χ4n) is 2.88. The summed E-state index contributed by atoms with van der Waals surface area (Å²) in [7, 11) is 0. The van der Waals surface area contributed by atoms with Crippen molar-refractivity contribution in [3.8, 4) is 11.3 Å². The zero-order valence-electron chi connectivity index (χ0n) is 14.2. The molecule has 1 aromatic heterocycles. The Morgan fingerprint density at radius 1 is 1.00 bits per heavy atom. The number of carbonyl (C=O) groups excluding carboxylic acids is 2. The summed E-state index contributed by atoms with van der Waals surface area (Å²) in [5, 5.41) is 6.36. The Bertz CT molecular complexity index is 965. The van der Waals surface area contributed by atoms with E-state index in [0.29, 0.717) is 5.56 Å². The minimum atomic E-state index is -0.272. The first-order chi connectivity index (χ1) is 12.7. The lowest BCUT2D eigenvalue weighted by atomic mass is 10.0. The number of para-hydroxylation sites is 1. The monoisotopic (exact) mass is 345 g/mol. The molecule has 5 nitrogen and oxygen atoms in total. The van der Waals surface area contributed by atoms with Crippen LogP contribution in [0.4, 0.5) is 0 Å². The third-order valence-corrected chi connectivity index (χ3v) is 4.38. The van der Waals surface area contributed by atoms with Gasteiger partial charge in [-0.25, -0.2) is 4.98 Å². The topological polar surface area (TPSA) is 71.1 Å². The molecule has 26 heavy (non-hydrogen) atoms. The molecule has 1 aliphatic carbocycles. The van der Waals surface area contributed by atoms with Crippen LogP contribution in [0, 0.1) is 0 Å². The summed E-state index contributed by atoms with van der Waals surface area (Å²) < 4.78 is 0. The summed E-state index contributed by atoms with van der Waals surface area (Å²) >= 11 is 0. The number of benzene rings is 2. The molecule has 130 valence electrons. The first-order valence-corrected chi connectivity index (χ1v) is 8.73. The molecule has 1 fully saturated rings. The van der Waals surface area contributed by atoms with E-state index in [4.69, 9.17) is 0 Å². The van der Waals surface area contributed by atoms with Crippen molar-refractivity contribution >= 4 is 22.7 Å². The highest BCUT2D eigenvalue weighted by molar-refractivity contribution is 6.08. The van der Waals surface area contributed by atoms with Gasteiger partial charge in [0.05, 0.1) is 23.3 Å². The number of hydrogen-bond donors (Lipinski definition) is 2. The van der Waals surface area contributed by atoms with Gasteiger partial charge >= 0.3 is 0 Å². The van der Waals surface area contributed by atoms with Gasteiger partial charge in [-0.3, -0.25) is 9.59 Å². The van der Waals surface area contributed by atoms with Crippen LogP contribution in [-0.2, 0) is 4.79 Å². The molecule has 0 atom stereocenters. The van der Waals surface area contributed by atoms with Crippen molar-refractivity contribution in [2.24, 2.45) is 0 Å². The van der Waals surface area contributed by atoms with E-state index in [0.717, 1.165) is 35.0 Å². The highest BCUT2D eigenvalue weighted by Gasteiger charge is 2.23. The molecule has 5 heteroatoms. The van der Waals surface area contributed by atoms with Crippen LogP contribution in [0.2, 0.25) is 0 Å². The molecule has 4 rings (SSSR count). The van der Waals surface area contributed by atoms with Crippen LogP contribution >= 0.6 is 0 Å². The lowest BCUT2D eigenvalue weighted by Crippen LogP contribution is -2.37. The molecule has 0 bridgehead atoms. The Labute approximate surface area is 151 Å². The summed E-state index contributed by atoms with van der Waals surface area (Å²) in [6, 6.07) is 19.3. The van der Waals surface area contributed by atoms with Crippen molar-refractivity contribution in [3.05, 3.63) is 66.2 Å². The first kappa shape index (κ1) is 16.3. The van der Waals surface area contributed by atoms with Gasteiger partial charge in [-0.05, 0) is 25.0 Å². The summed E-state index contributed by atoms with van der Waals surface area (Å²) in [6.45, 7) is -0.0212. The minimum Gasteiger partial charge on any atom is -0.352 e. The largest absolute Gasteiger partial charge is 0.352 e. The predicted molar refractivity (Wildman–Crippen MR) is 101 cm³/mol. The van der Waals surface area contributed by atoms with Crippen molar-refractivity contribution in [2.75, 3.05) is 6.54 Å². The maximum atomic E-state index is 12.7. The molecule has 1 saturated carbocycles. The minimum absolute atomic E-state index is 0.0212. The number of amides is 2. The molecule has 1 aliphatic rings. The molecule has 0 unspecified atom stereocenters. The van der Waals surface area contributed by atoms with Gasteiger partial charge in [-0.2, -0.15) is 0 Å². The van der Waals surface area contributed by atoms with Gasteiger partial charge in [0.1, 0.15) is 0 Å². The Hall–Kier alpha value is -3.21. The zero-order valence-corrected chi connectivity index (χ0v) is 14.2. The van der Waals surface area contributed by atoms with E-state index in [-0.39, 0.29) is 24.4 Å². The lowest BCUT2D eigenvalue weighted by Gasteiger charge is -2.11. The SMILES string of the molecule is O=C(CNC(=O)c1cc(-c2ccccc2)nc2ccccc12)NC1CC1. The fraction of sp³-hybridized carbons (Fsp3) is 0.190. The van der Waals surface area contributed by atoms with E-state index in [2.05, 4.69) is 15.6 Å². The third kappa shape index (κ3) is 3.57. The second kappa shape index (κ2) is 6.96. The maximum Gasteiger partial charge on any atom is 0.252 e. The van der Waals surface area contributed by atoms with Gasteiger partial charge in [-0.1, -0.05) is 48.5 Å². The van der Waals surface area contributed by atoms with E-state index in [1.807, 2.05) is 54.6 Å². The molecule has 3 aromatic rings. The maximum absolute atomic E-state index is 12.7. The number of aromatic nitrogens is 1. The quantitative estimate of drug-likeness (QED) is 0.747. The van der Waals surface area contributed by atoms with Gasteiger partial charge in [0.2, 0.25) is 5.91 Å². The highest BCUT2D eigenvalue weighted by Crippen LogP contribution is 2.24. The van der Waals surface area contributed by atoms with Crippen molar-refractivity contribution < 1.29 is 9.59 Å². The summed E-state index contributed by atoms with van der Waals surface area (Å²) in [5.41, 5.74) is 2.95. The summed E-state index contributed by atoms with van der Waals surface area (Å²) in [4.78, 5) is 29.2. The molecule has 2 aromatic carbocycles. The molecule has 2 amide bonds. The Morgan fingerprint density at radius 2 is 1.73 bits per heavy atom. The number of rotatable bonds is 5. The smallest absolute Gasteiger partial charge is 0.252 e. The van der Waals surface area contributed by atoms with Gasteiger partial charge in [0.25, 0.3) is 5.91 Å². The summed E-state index contributed by atoms with van der Waals surface area (Å²) in [5.74, 6) is -0.422. The molecule has 0 saturated heterocycles. The first-order valence-electron chi connectivity index (χ1n) is 8.73. The van der Waals surface area contributed by atoms with Crippen LogP contribution in [0.1, 0.15) is 23.2 Å². The Morgan fingerprint density at radius 3 is 2.50 bits per heavy atom. The van der Waals surface area contributed by atoms with Crippen LogP contribution in [0.5, 0.6) is 0 Å². The molecule has 0 spiro atoms. The van der Waals surface area contributed by atoms with Crippen molar-refractivity contribution in [1.29, 1.82) is 0 Å². The van der Waals surface area contributed by atoms with Crippen LogP contribution < -0.4 is 10.6 Å². The normalized spacial score (nSPS) is 13.4. The van der Waals surface area contributed by atoms with Crippen LogP contribution in [0.15, 0.2) is 60.7 Å². The van der Waals surface area contributed by atoms with Crippen LogP contribution in [0.3, 0.4) is 0 Å². The van der Waals surface area contributed by atoms with E-state index >= 15 is 0 Å². The van der Waals surface area contributed by atoms with Crippen LogP contribution in [-0.4, -0.2) is 29.4 Å². The Balaban J connectivity index is 1.63. The second-order valence-electron chi connectivity index (χ2n) is 6.46. The number of nitrogens with one attached hydrogen (secondary N) is 2. The molecule has 1 heterocycles. The van der Waals surface area contributed by atoms with Crippen molar-refractivity contribution in [1.82, 2.24) is 15.6 Å². The van der Waals surface area contributed by atoms with E-state index in [1.54, 1.807) is 6.07 Å². The van der Waals surface area contributed by atoms with Crippen molar-refractivity contribution in [3.63, 3.8) is 0 Å². The molecular weight excluding hydrogens is 326 g/mol. The molecule has 2 N–H and O–H groups in total. The number of hydrogen-bond acceptors (Lipinski definition) is 3. The number of fused-ring (bicyclic) bond motifs is 1. The standard InChI is InChI=1S/C21H19N3O2/c25-20(23-15-10-11-15)13-22-21(26)17-12-19(14-6-2-1-3-7-14)24-18-9-5-4-8-16(17)18/h1-9,12,15H,10-11,13H2,(H,22,26)(H,23,25).